The lowest BCUT2D eigenvalue weighted by atomic mass is 10.2. The van der Waals surface area contributed by atoms with Gasteiger partial charge >= 0.3 is 0 Å². The molecule has 1 aliphatic rings. The summed E-state index contributed by atoms with van der Waals surface area (Å²) in [5, 5.41) is 5.24. The van der Waals surface area contributed by atoms with E-state index in [2.05, 4.69) is 10.6 Å². The summed E-state index contributed by atoms with van der Waals surface area (Å²) in [5.74, 6) is 0.533. The second-order valence-corrected chi connectivity index (χ2v) is 7.00. The largest absolute Gasteiger partial charge is 0.491 e. The smallest absolute Gasteiger partial charge is 0.238 e. The van der Waals surface area contributed by atoms with Crippen molar-refractivity contribution in [2.45, 2.75) is 23.5 Å². The van der Waals surface area contributed by atoms with E-state index in [1.54, 1.807) is 0 Å². The first-order chi connectivity index (χ1) is 12.1. The maximum absolute atomic E-state index is 12.1. The van der Waals surface area contributed by atoms with Crippen LogP contribution in [0, 0.1) is 6.92 Å². The number of benzene rings is 2. The third kappa shape index (κ3) is 4.54. The number of rotatable bonds is 6. The molecule has 0 saturated carbocycles. The van der Waals surface area contributed by atoms with Crippen LogP contribution in [0.3, 0.4) is 0 Å². The molecule has 130 valence electrons. The van der Waals surface area contributed by atoms with E-state index < -0.39 is 5.25 Å². The van der Waals surface area contributed by atoms with Gasteiger partial charge in [0.1, 0.15) is 12.4 Å². The zero-order valence-corrected chi connectivity index (χ0v) is 14.8. The van der Waals surface area contributed by atoms with Crippen molar-refractivity contribution in [1.82, 2.24) is 5.32 Å². The van der Waals surface area contributed by atoms with E-state index in [0.29, 0.717) is 13.2 Å². The fourth-order valence-corrected chi connectivity index (χ4v) is 3.65. The van der Waals surface area contributed by atoms with Gasteiger partial charge in [0, 0.05) is 11.3 Å². The maximum Gasteiger partial charge on any atom is 0.238 e. The second-order valence-electron chi connectivity index (χ2n) is 5.76. The van der Waals surface area contributed by atoms with Crippen LogP contribution in [0.1, 0.15) is 12.0 Å². The summed E-state index contributed by atoms with van der Waals surface area (Å²) in [6.45, 7) is 2.77. The fraction of sp³-hybridized carbons (Fsp3) is 0.263. The highest BCUT2D eigenvalue weighted by Gasteiger charge is 2.28. The Hall–Kier alpha value is -2.47. The molecule has 2 N–H and O–H groups in total. The molecule has 1 unspecified atom stereocenters. The quantitative estimate of drug-likeness (QED) is 0.781. The van der Waals surface area contributed by atoms with E-state index in [1.165, 1.54) is 11.8 Å². The lowest BCUT2D eigenvalue weighted by Gasteiger charge is -2.23. The van der Waals surface area contributed by atoms with Gasteiger partial charge in [0.25, 0.3) is 0 Å². The molecule has 0 radical (unpaired) electrons. The minimum absolute atomic E-state index is 0.130. The average Bonchev–Trinajstić information content (AvgIpc) is 2.61. The van der Waals surface area contributed by atoms with Crippen molar-refractivity contribution in [3.63, 3.8) is 0 Å². The Bertz CT molecular complexity index is 779. The predicted octanol–water partition coefficient (Wildman–Crippen LogP) is 2.99. The van der Waals surface area contributed by atoms with Crippen molar-refractivity contribution in [3.8, 4) is 5.75 Å². The second kappa shape index (κ2) is 8.07. The Kier molecular flexibility index (Phi) is 5.60. The molecule has 2 aromatic carbocycles. The normalized spacial score (nSPS) is 15.9. The van der Waals surface area contributed by atoms with Crippen molar-refractivity contribution in [1.29, 1.82) is 0 Å². The number of aryl methyl sites for hydroxylation is 1. The highest BCUT2D eigenvalue weighted by Crippen LogP contribution is 2.36. The first-order valence-electron chi connectivity index (χ1n) is 8.15. The molecular weight excluding hydrogens is 336 g/mol. The molecule has 0 fully saturated rings. The molecule has 5 nitrogen and oxygen atoms in total. The summed E-state index contributed by atoms with van der Waals surface area (Å²) in [4.78, 5) is 25.2. The molecule has 25 heavy (non-hydrogen) atoms. The summed E-state index contributed by atoms with van der Waals surface area (Å²) >= 11 is 1.43. The zero-order chi connectivity index (χ0) is 17.6. The van der Waals surface area contributed by atoms with Crippen LogP contribution in [0.2, 0.25) is 0 Å². The van der Waals surface area contributed by atoms with Gasteiger partial charge in [-0.2, -0.15) is 0 Å². The van der Waals surface area contributed by atoms with Gasteiger partial charge in [-0.25, -0.2) is 0 Å². The van der Waals surface area contributed by atoms with Gasteiger partial charge in [0.05, 0.1) is 17.5 Å². The van der Waals surface area contributed by atoms with Gasteiger partial charge in [-0.3, -0.25) is 9.59 Å². The zero-order valence-electron chi connectivity index (χ0n) is 14.0. The topological polar surface area (TPSA) is 67.4 Å². The Morgan fingerprint density at radius 3 is 2.80 bits per heavy atom. The minimum Gasteiger partial charge on any atom is -0.491 e. The number of para-hydroxylation sites is 2. The Morgan fingerprint density at radius 1 is 1.20 bits per heavy atom. The van der Waals surface area contributed by atoms with Crippen LogP contribution in [-0.2, 0) is 9.59 Å². The molecule has 1 aliphatic heterocycles. The highest BCUT2D eigenvalue weighted by molar-refractivity contribution is 8.01. The van der Waals surface area contributed by atoms with Crippen LogP contribution in [0.4, 0.5) is 5.69 Å². The molecule has 0 aromatic heterocycles. The van der Waals surface area contributed by atoms with Crippen molar-refractivity contribution in [2.24, 2.45) is 0 Å². The number of fused-ring (bicyclic) bond motifs is 1. The van der Waals surface area contributed by atoms with Crippen LogP contribution in [0.15, 0.2) is 53.4 Å². The third-order valence-corrected chi connectivity index (χ3v) is 5.13. The molecule has 0 saturated heterocycles. The molecular formula is C19H20N2O3S. The number of ether oxygens (including phenoxy) is 1. The van der Waals surface area contributed by atoms with Gasteiger partial charge in [0.2, 0.25) is 11.8 Å². The van der Waals surface area contributed by atoms with Crippen LogP contribution < -0.4 is 15.4 Å². The van der Waals surface area contributed by atoms with E-state index in [1.807, 2.05) is 55.5 Å². The minimum atomic E-state index is -0.410. The summed E-state index contributed by atoms with van der Waals surface area (Å²) < 4.78 is 5.65. The number of hydrogen-bond acceptors (Lipinski definition) is 4. The van der Waals surface area contributed by atoms with Crippen molar-refractivity contribution >= 4 is 29.3 Å². The summed E-state index contributed by atoms with van der Waals surface area (Å²) in [6.07, 6.45) is 0.148. The maximum atomic E-state index is 12.1. The Labute approximate surface area is 151 Å². The lowest BCUT2D eigenvalue weighted by Crippen LogP contribution is -2.36. The number of carbonyl (C=O) groups excluding carboxylic acids is 2. The highest BCUT2D eigenvalue weighted by atomic mass is 32.2. The molecule has 2 amide bonds. The first kappa shape index (κ1) is 17.4. The average molecular weight is 356 g/mol. The van der Waals surface area contributed by atoms with Crippen molar-refractivity contribution in [2.75, 3.05) is 18.5 Å². The summed E-state index contributed by atoms with van der Waals surface area (Å²) in [6, 6.07) is 15.3. The van der Waals surface area contributed by atoms with Gasteiger partial charge in [-0.05, 0) is 30.7 Å². The Balaban J connectivity index is 1.44. The molecule has 0 bridgehead atoms. The number of anilines is 1. The van der Waals surface area contributed by atoms with Gasteiger partial charge < -0.3 is 15.4 Å². The molecule has 0 spiro atoms. The van der Waals surface area contributed by atoms with Gasteiger partial charge in [-0.1, -0.05) is 30.3 Å². The van der Waals surface area contributed by atoms with Gasteiger partial charge in [0.15, 0.2) is 0 Å². The number of thioether (sulfide) groups is 1. The SMILES string of the molecule is Cc1ccccc1OCCNC(=O)CC1Sc2ccccc2NC1=O. The number of carbonyl (C=O) groups is 2. The monoisotopic (exact) mass is 356 g/mol. The molecule has 1 heterocycles. The molecule has 3 rings (SSSR count). The summed E-state index contributed by atoms with van der Waals surface area (Å²) in [5.41, 5.74) is 1.86. The van der Waals surface area contributed by atoms with E-state index in [0.717, 1.165) is 21.9 Å². The molecule has 1 atom stereocenters. The van der Waals surface area contributed by atoms with Gasteiger partial charge in [-0.15, -0.1) is 11.8 Å². The first-order valence-corrected chi connectivity index (χ1v) is 9.03. The molecule has 0 aliphatic carbocycles. The van der Waals surface area contributed by atoms with Crippen LogP contribution >= 0.6 is 11.8 Å². The van der Waals surface area contributed by atoms with E-state index in [9.17, 15) is 9.59 Å². The standard InChI is InChI=1S/C19H20N2O3S/c1-13-6-2-4-8-15(13)24-11-10-20-18(22)12-17-19(23)21-14-7-3-5-9-16(14)25-17/h2-9,17H,10-12H2,1H3,(H,20,22)(H,21,23). The summed E-state index contributed by atoms with van der Waals surface area (Å²) in [7, 11) is 0. The van der Waals surface area contributed by atoms with Crippen LogP contribution in [0.5, 0.6) is 5.75 Å². The fourth-order valence-electron chi connectivity index (χ4n) is 2.54. The number of amides is 2. The van der Waals surface area contributed by atoms with Crippen LogP contribution in [0.25, 0.3) is 0 Å². The van der Waals surface area contributed by atoms with Crippen molar-refractivity contribution in [3.05, 3.63) is 54.1 Å². The van der Waals surface area contributed by atoms with E-state index >= 15 is 0 Å². The Morgan fingerprint density at radius 2 is 1.96 bits per heavy atom. The van der Waals surface area contributed by atoms with E-state index in [-0.39, 0.29) is 18.2 Å². The number of hydrogen-bond donors (Lipinski definition) is 2. The lowest BCUT2D eigenvalue weighted by molar-refractivity contribution is -0.124. The molecule has 6 heteroatoms. The number of nitrogens with one attached hydrogen (secondary N) is 2. The van der Waals surface area contributed by atoms with Crippen LogP contribution in [-0.4, -0.2) is 30.2 Å². The van der Waals surface area contributed by atoms with Crippen molar-refractivity contribution < 1.29 is 14.3 Å². The predicted molar refractivity (Wildman–Crippen MR) is 99.0 cm³/mol. The molecule has 2 aromatic rings. The van der Waals surface area contributed by atoms with E-state index in [4.69, 9.17) is 4.74 Å². The third-order valence-electron chi connectivity index (χ3n) is 3.85.